The monoisotopic (exact) mass is 321 g/mol. The number of hydrogen-bond acceptors (Lipinski definition) is 4. The Hall–Kier alpha value is -2.04. The largest absolute Gasteiger partial charge is 0.464 e. The van der Waals surface area contributed by atoms with Crippen LogP contribution in [0, 0.1) is 0 Å². The first-order valence-corrected chi connectivity index (χ1v) is 7.78. The maximum absolute atomic E-state index is 12.5. The molecule has 0 radical (unpaired) electrons. The number of rotatable bonds is 5. The molecule has 0 fully saturated rings. The molecule has 1 aromatic carbocycles. The highest BCUT2D eigenvalue weighted by molar-refractivity contribution is 5.85. The van der Waals surface area contributed by atoms with Crippen LogP contribution in [-0.2, 0) is 20.7 Å². The van der Waals surface area contributed by atoms with Crippen LogP contribution >= 0.6 is 0 Å². The van der Waals surface area contributed by atoms with E-state index in [0.29, 0.717) is 6.42 Å². The van der Waals surface area contributed by atoms with Crippen LogP contribution in [0.5, 0.6) is 0 Å². The van der Waals surface area contributed by atoms with Crippen molar-refractivity contribution in [2.45, 2.75) is 52.2 Å². The summed E-state index contributed by atoms with van der Waals surface area (Å²) in [5, 5.41) is 0. The van der Waals surface area contributed by atoms with Gasteiger partial charge in [0, 0.05) is 13.5 Å². The average molecular weight is 321 g/mol. The van der Waals surface area contributed by atoms with E-state index < -0.39 is 23.2 Å². The lowest BCUT2D eigenvalue weighted by Crippen LogP contribution is -2.56. The molecule has 0 unspecified atom stereocenters. The lowest BCUT2D eigenvalue weighted by Gasteiger charge is -2.37. The molecule has 0 aliphatic carbocycles. The van der Waals surface area contributed by atoms with Gasteiger partial charge in [0.2, 0.25) is 0 Å². The Kier molecular flexibility index (Phi) is 6.19. The minimum Gasteiger partial charge on any atom is -0.464 e. The van der Waals surface area contributed by atoms with Crippen molar-refractivity contribution in [3.63, 3.8) is 0 Å². The molecule has 0 spiro atoms. The van der Waals surface area contributed by atoms with Crippen molar-refractivity contribution in [1.29, 1.82) is 0 Å². The molecule has 0 saturated heterocycles. The summed E-state index contributed by atoms with van der Waals surface area (Å²) < 4.78 is 10.6. The zero-order valence-electron chi connectivity index (χ0n) is 14.9. The molecule has 1 aromatic rings. The molecule has 0 aliphatic heterocycles. The summed E-state index contributed by atoms with van der Waals surface area (Å²) in [4.78, 5) is 26.2. The number of esters is 1. The van der Waals surface area contributed by atoms with Crippen LogP contribution in [0.1, 0.15) is 40.2 Å². The Morgan fingerprint density at radius 3 is 2.13 bits per heavy atom. The van der Waals surface area contributed by atoms with Gasteiger partial charge in [0.25, 0.3) is 0 Å². The van der Waals surface area contributed by atoms with Crippen LogP contribution in [0.4, 0.5) is 4.79 Å². The molecule has 0 N–H and O–H groups in total. The van der Waals surface area contributed by atoms with E-state index in [0.717, 1.165) is 5.56 Å². The van der Waals surface area contributed by atoms with E-state index in [1.165, 1.54) is 4.90 Å². The molecule has 1 rings (SSSR count). The summed E-state index contributed by atoms with van der Waals surface area (Å²) in [5.41, 5.74) is -0.827. The Labute approximate surface area is 138 Å². The molecule has 5 nitrogen and oxygen atoms in total. The van der Waals surface area contributed by atoms with Crippen molar-refractivity contribution >= 4 is 12.1 Å². The van der Waals surface area contributed by atoms with E-state index in [1.54, 1.807) is 41.7 Å². The quantitative estimate of drug-likeness (QED) is 0.780. The van der Waals surface area contributed by atoms with Crippen molar-refractivity contribution in [2.75, 3.05) is 13.7 Å². The van der Waals surface area contributed by atoms with Crippen molar-refractivity contribution in [3.05, 3.63) is 35.9 Å². The second-order valence-electron chi connectivity index (χ2n) is 6.70. The normalized spacial score (nSPS) is 13.8. The maximum Gasteiger partial charge on any atom is 0.410 e. The lowest BCUT2D eigenvalue weighted by molar-refractivity contribution is -0.155. The van der Waals surface area contributed by atoms with E-state index in [4.69, 9.17) is 9.47 Å². The number of carbonyl (C=O) groups excluding carboxylic acids is 2. The number of ether oxygens (including phenoxy) is 2. The zero-order valence-corrected chi connectivity index (χ0v) is 14.9. The van der Waals surface area contributed by atoms with Crippen LogP contribution in [0.3, 0.4) is 0 Å². The minimum atomic E-state index is -1.14. The molecule has 0 aliphatic rings. The molecular weight excluding hydrogens is 294 g/mol. The number of likely N-dealkylation sites (N-methyl/N-ethyl adjacent to an activating group) is 1. The van der Waals surface area contributed by atoms with Gasteiger partial charge in [-0.3, -0.25) is 4.90 Å². The number of nitrogens with zero attached hydrogens (tertiary/aromatic N) is 1. The van der Waals surface area contributed by atoms with Gasteiger partial charge in [0.05, 0.1) is 6.61 Å². The van der Waals surface area contributed by atoms with Crippen LogP contribution in [0.15, 0.2) is 30.3 Å². The first-order valence-electron chi connectivity index (χ1n) is 7.78. The average Bonchev–Trinajstić information content (AvgIpc) is 2.45. The fourth-order valence-electron chi connectivity index (χ4n) is 2.14. The highest BCUT2D eigenvalue weighted by Gasteiger charge is 2.43. The molecule has 5 heteroatoms. The number of hydrogen-bond donors (Lipinski definition) is 0. The van der Waals surface area contributed by atoms with E-state index in [2.05, 4.69) is 0 Å². The van der Waals surface area contributed by atoms with Gasteiger partial charge in [-0.2, -0.15) is 0 Å². The highest BCUT2D eigenvalue weighted by Crippen LogP contribution is 2.24. The van der Waals surface area contributed by atoms with Gasteiger partial charge >= 0.3 is 12.1 Å². The van der Waals surface area contributed by atoms with E-state index >= 15 is 0 Å². The summed E-state index contributed by atoms with van der Waals surface area (Å²) in [6.07, 6.45) is -0.202. The zero-order chi connectivity index (χ0) is 17.7. The molecule has 0 aromatic heterocycles. The van der Waals surface area contributed by atoms with Gasteiger partial charge in [-0.1, -0.05) is 30.3 Å². The highest BCUT2D eigenvalue weighted by atomic mass is 16.6. The summed E-state index contributed by atoms with van der Waals surface area (Å²) in [6, 6.07) is 9.53. The molecule has 0 saturated carbocycles. The topological polar surface area (TPSA) is 55.8 Å². The van der Waals surface area contributed by atoms with Crippen molar-refractivity contribution in [3.8, 4) is 0 Å². The van der Waals surface area contributed by atoms with Crippen LogP contribution < -0.4 is 0 Å². The third-order valence-corrected chi connectivity index (χ3v) is 3.51. The summed E-state index contributed by atoms with van der Waals surface area (Å²) in [7, 11) is 1.56. The first kappa shape index (κ1) is 19.0. The van der Waals surface area contributed by atoms with Crippen LogP contribution in [-0.4, -0.2) is 41.8 Å². The van der Waals surface area contributed by atoms with Gasteiger partial charge in [0.1, 0.15) is 11.1 Å². The summed E-state index contributed by atoms with van der Waals surface area (Å²) >= 11 is 0. The van der Waals surface area contributed by atoms with E-state index in [9.17, 15) is 9.59 Å². The summed E-state index contributed by atoms with van der Waals surface area (Å²) in [6.45, 7) is 9.06. The minimum absolute atomic E-state index is 0.255. The second-order valence-corrected chi connectivity index (χ2v) is 6.70. The molecule has 128 valence electrons. The Morgan fingerprint density at radius 1 is 1.09 bits per heavy atom. The standard InChI is InChI=1S/C18H27NO4/c1-7-22-15(20)18(5,13-14-11-9-8-10-12-14)19(6)16(21)23-17(2,3)4/h8-12H,7,13H2,1-6H3/t18-/m0/s1. The fourth-order valence-corrected chi connectivity index (χ4v) is 2.14. The lowest BCUT2D eigenvalue weighted by atomic mass is 9.91. The number of amides is 1. The Morgan fingerprint density at radius 2 is 1.65 bits per heavy atom. The Bertz CT molecular complexity index is 536. The third kappa shape index (κ3) is 5.27. The SMILES string of the molecule is CCOC(=O)[C@](C)(Cc1ccccc1)N(C)C(=O)OC(C)(C)C. The molecule has 1 amide bonds. The molecule has 0 heterocycles. The van der Waals surface area contributed by atoms with E-state index in [-0.39, 0.29) is 6.61 Å². The van der Waals surface area contributed by atoms with Crippen molar-refractivity contribution in [1.82, 2.24) is 4.90 Å². The van der Waals surface area contributed by atoms with Crippen molar-refractivity contribution in [2.24, 2.45) is 0 Å². The van der Waals surface area contributed by atoms with Gasteiger partial charge in [-0.05, 0) is 40.2 Å². The van der Waals surface area contributed by atoms with E-state index in [1.807, 2.05) is 30.3 Å². The van der Waals surface area contributed by atoms with Crippen LogP contribution in [0.2, 0.25) is 0 Å². The predicted octanol–water partition coefficient (Wildman–Crippen LogP) is 3.42. The Balaban J connectivity index is 3.08. The fraction of sp³-hybridized carbons (Fsp3) is 0.556. The molecule has 1 atom stereocenters. The van der Waals surface area contributed by atoms with Gasteiger partial charge in [0.15, 0.2) is 0 Å². The molecular formula is C18H27NO4. The van der Waals surface area contributed by atoms with Gasteiger partial charge in [-0.25, -0.2) is 9.59 Å². The first-order chi connectivity index (χ1) is 10.6. The third-order valence-electron chi connectivity index (χ3n) is 3.51. The number of carbonyl (C=O) groups is 2. The smallest absolute Gasteiger partial charge is 0.410 e. The van der Waals surface area contributed by atoms with Crippen molar-refractivity contribution < 1.29 is 19.1 Å². The summed E-state index contributed by atoms with van der Waals surface area (Å²) in [5.74, 6) is -0.447. The molecule has 23 heavy (non-hydrogen) atoms. The van der Waals surface area contributed by atoms with Gasteiger partial charge < -0.3 is 9.47 Å². The second kappa shape index (κ2) is 7.49. The maximum atomic E-state index is 12.5. The number of benzene rings is 1. The van der Waals surface area contributed by atoms with Crippen LogP contribution in [0.25, 0.3) is 0 Å². The predicted molar refractivity (Wildman–Crippen MR) is 89.2 cm³/mol. The molecule has 0 bridgehead atoms. The van der Waals surface area contributed by atoms with Gasteiger partial charge in [-0.15, -0.1) is 0 Å².